The quantitative estimate of drug-likeness (QED) is 0.799. The first-order chi connectivity index (χ1) is 11.2. The molecule has 0 unspecified atom stereocenters. The summed E-state index contributed by atoms with van der Waals surface area (Å²) >= 11 is 6.11. The first-order valence-electron chi connectivity index (χ1n) is 7.24. The molecular formula is C16H19ClN4O3. The molecule has 2 rings (SSSR count). The predicted molar refractivity (Wildman–Crippen MR) is 93.5 cm³/mol. The molecule has 0 saturated heterocycles. The van der Waals surface area contributed by atoms with Gasteiger partial charge >= 0.3 is 5.69 Å². The first-order valence-corrected chi connectivity index (χ1v) is 7.62. The van der Waals surface area contributed by atoms with E-state index in [0.29, 0.717) is 11.6 Å². The Kier molecular flexibility index (Phi) is 5.26. The van der Waals surface area contributed by atoms with Crippen LogP contribution in [0.4, 0.5) is 5.82 Å². The van der Waals surface area contributed by atoms with Crippen molar-refractivity contribution in [2.24, 2.45) is 14.1 Å². The molecule has 0 aliphatic rings. The molecule has 0 amide bonds. The molecule has 128 valence electrons. The fourth-order valence-electron chi connectivity index (χ4n) is 2.42. The third-order valence-electron chi connectivity index (χ3n) is 3.80. The molecule has 0 aliphatic carbocycles. The summed E-state index contributed by atoms with van der Waals surface area (Å²) in [7, 11) is 4.47. The molecule has 2 N–H and O–H groups in total. The largest absolute Gasteiger partial charge is 0.384 e. The van der Waals surface area contributed by atoms with Gasteiger partial charge in [-0.15, -0.1) is 0 Å². The number of carbonyl (C=O) groups excluding carboxylic acids is 1. The zero-order chi connectivity index (χ0) is 18.0. The molecule has 1 heterocycles. The predicted octanol–water partition coefficient (Wildman–Crippen LogP) is 0.634. The fraction of sp³-hybridized carbons (Fsp3) is 0.312. The molecule has 0 bridgehead atoms. The van der Waals surface area contributed by atoms with Crippen LogP contribution in [0.1, 0.15) is 15.9 Å². The van der Waals surface area contributed by atoms with E-state index < -0.39 is 17.0 Å². The number of hydrogen-bond acceptors (Lipinski definition) is 5. The Morgan fingerprint density at radius 1 is 1.21 bits per heavy atom. The molecule has 7 nitrogen and oxygen atoms in total. The molecular weight excluding hydrogens is 332 g/mol. The number of nitrogen functional groups attached to an aromatic ring is 1. The highest BCUT2D eigenvalue weighted by molar-refractivity contribution is 6.31. The third-order valence-corrected chi connectivity index (χ3v) is 4.17. The summed E-state index contributed by atoms with van der Waals surface area (Å²) in [5.74, 6) is -0.572. The van der Waals surface area contributed by atoms with Crippen LogP contribution in [0.15, 0.2) is 33.9 Å². The van der Waals surface area contributed by atoms with Crippen molar-refractivity contribution in [1.29, 1.82) is 0 Å². The SMILES string of the molecule is CN(CC(=O)c1c(N)n(C)c(=O)n(C)c1=O)Cc1ccccc1Cl. The number of carbonyl (C=O) groups is 1. The van der Waals surface area contributed by atoms with Gasteiger partial charge in [0.05, 0.1) is 6.54 Å². The number of ketones is 1. The van der Waals surface area contributed by atoms with Gasteiger partial charge in [0.15, 0.2) is 5.78 Å². The molecule has 2 aromatic rings. The molecule has 1 aromatic carbocycles. The van der Waals surface area contributed by atoms with E-state index in [1.807, 2.05) is 18.2 Å². The van der Waals surface area contributed by atoms with Crippen molar-refractivity contribution in [3.8, 4) is 0 Å². The standard InChI is InChI=1S/C16H19ClN4O3/c1-19(8-10-6-4-5-7-11(10)17)9-12(22)13-14(18)20(2)16(24)21(3)15(13)23/h4-7H,8-9,18H2,1-3H3. The molecule has 0 atom stereocenters. The maximum Gasteiger partial charge on any atom is 0.332 e. The number of Topliss-reactive ketones (excluding diaryl/α,β-unsaturated/α-hetero) is 1. The highest BCUT2D eigenvalue weighted by atomic mass is 35.5. The van der Waals surface area contributed by atoms with Gasteiger partial charge in [-0.2, -0.15) is 0 Å². The van der Waals surface area contributed by atoms with Gasteiger partial charge < -0.3 is 5.73 Å². The van der Waals surface area contributed by atoms with E-state index in [2.05, 4.69) is 0 Å². The lowest BCUT2D eigenvalue weighted by Gasteiger charge is -2.17. The molecule has 8 heteroatoms. The van der Waals surface area contributed by atoms with Crippen molar-refractivity contribution in [1.82, 2.24) is 14.0 Å². The normalized spacial score (nSPS) is 11.0. The van der Waals surface area contributed by atoms with E-state index in [0.717, 1.165) is 14.7 Å². The summed E-state index contributed by atoms with van der Waals surface area (Å²) in [6.45, 7) is 0.417. The summed E-state index contributed by atoms with van der Waals surface area (Å²) < 4.78 is 1.96. The van der Waals surface area contributed by atoms with Crippen LogP contribution in [0.5, 0.6) is 0 Å². The molecule has 0 radical (unpaired) electrons. The van der Waals surface area contributed by atoms with E-state index in [-0.39, 0.29) is 17.9 Å². The third kappa shape index (κ3) is 3.42. The first kappa shape index (κ1) is 18.0. The Morgan fingerprint density at radius 3 is 2.46 bits per heavy atom. The van der Waals surface area contributed by atoms with Crippen LogP contribution in [-0.4, -0.2) is 33.4 Å². The number of aromatic nitrogens is 2. The number of nitrogens with zero attached hydrogens (tertiary/aromatic N) is 3. The van der Waals surface area contributed by atoms with Gasteiger partial charge in [-0.1, -0.05) is 29.8 Å². The summed E-state index contributed by atoms with van der Waals surface area (Å²) in [5, 5.41) is 0.606. The van der Waals surface area contributed by atoms with Crippen molar-refractivity contribution >= 4 is 23.2 Å². The van der Waals surface area contributed by atoms with E-state index >= 15 is 0 Å². The number of rotatable bonds is 5. The molecule has 0 spiro atoms. The van der Waals surface area contributed by atoms with Gasteiger partial charge in [-0.3, -0.25) is 23.6 Å². The van der Waals surface area contributed by atoms with Crippen molar-refractivity contribution in [2.45, 2.75) is 6.54 Å². The highest BCUT2D eigenvalue weighted by Gasteiger charge is 2.21. The van der Waals surface area contributed by atoms with Gasteiger partial charge in [0.25, 0.3) is 5.56 Å². The smallest absolute Gasteiger partial charge is 0.332 e. The van der Waals surface area contributed by atoms with Crippen molar-refractivity contribution in [3.63, 3.8) is 0 Å². The number of likely N-dealkylation sites (N-methyl/N-ethyl adjacent to an activating group) is 1. The fourth-order valence-corrected chi connectivity index (χ4v) is 2.62. The summed E-state index contributed by atoms with van der Waals surface area (Å²) in [6, 6.07) is 7.32. The van der Waals surface area contributed by atoms with Crippen molar-refractivity contribution in [2.75, 3.05) is 19.3 Å². The Hall–Kier alpha value is -2.38. The molecule has 0 fully saturated rings. The average Bonchev–Trinajstić information content (AvgIpc) is 2.53. The van der Waals surface area contributed by atoms with Crippen LogP contribution < -0.4 is 17.0 Å². The van der Waals surface area contributed by atoms with Crippen LogP contribution in [0.3, 0.4) is 0 Å². The molecule has 0 aliphatic heterocycles. The highest BCUT2D eigenvalue weighted by Crippen LogP contribution is 2.16. The van der Waals surface area contributed by atoms with Crippen LogP contribution in [0, 0.1) is 0 Å². The maximum absolute atomic E-state index is 12.5. The lowest BCUT2D eigenvalue weighted by molar-refractivity contribution is 0.0941. The van der Waals surface area contributed by atoms with Crippen LogP contribution in [0.25, 0.3) is 0 Å². The number of nitrogens with two attached hydrogens (primary N) is 1. The Morgan fingerprint density at radius 2 is 1.83 bits per heavy atom. The summed E-state index contributed by atoms with van der Waals surface area (Å²) in [5.41, 5.74) is 5.23. The average molecular weight is 351 g/mol. The minimum Gasteiger partial charge on any atom is -0.384 e. The minimum atomic E-state index is -0.688. The molecule has 0 saturated carbocycles. The van der Waals surface area contributed by atoms with Gasteiger partial charge in [-0.25, -0.2) is 4.79 Å². The maximum atomic E-state index is 12.5. The number of benzene rings is 1. The van der Waals surface area contributed by atoms with Crippen molar-refractivity contribution < 1.29 is 4.79 Å². The van der Waals surface area contributed by atoms with Gasteiger partial charge in [-0.05, 0) is 18.7 Å². The van der Waals surface area contributed by atoms with Gasteiger partial charge in [0.1, 0.15) is 11.4 Å². The molecule has 1 aromatic heterocycles. The molecule has 24 heavy (non-hydrogen) atoms. The lowest BCUT2D eigenvalue weighted by atomic mass is 10.1. The zero-order valence-electron chi connectivity index (χ0n) is 13.7. The van der Waals surface area contributed by atoms with Crippen molar-refractivity contribution in [3.05, 3.63) is 61.3 Å². The van der Waals surface area contributed by atoms with Crippen LogP contribution in [-0.2, 0) is 20.6 Å². The van der Waals surface area contributed by atoms with Gasteiger partial charge in [0, 0.05) is 25.7 Å². The second kappa shape index (κ2) is 7.02. The summed E-state index contributed by atoms with van der Waals surface area (Å²) in [6.07, 6.45) is 0. The Labute approximate surface area is 143 Å². The summed E-state index contributed by atoms with van der Waals surface area (Å²) in [4.78, 5) is 38.2. The number of anilines is 1. The second-order valence-corrected chi connectivity index (χ2v) is 6.06. The minimum absolute atomic E-state index is 0.0249. The van der Waals surface area contributed by atoms with E-state index in [9.17, 15) is 14.4 Å². The monoisotopic (exact) mass is 350 g/mol. The van der Waals surface area contributed by atoms with Crippen LogP contribution in [0.2, 0.25) is 5.02 Å². The van der Waals surface area contributed by atoms with E-state index in [1.54, 1.807) is 18.0 Å². The van der Waals surface area contributed by atoms with E-state index in [1.165, 1.54) is 14.1 Å². The van der Waals surface area contributed by atoms with E-state index in [4.69, 9.17) is 17.3 Å². The Balaban J connectivity index is 2.26. The zero-order valence-corrected chi connectivity index (χ0v) is 14.5. The Bertz CT molecular complexity index is 901. The number of halogens is 1. The lowest BCUT2D eigenvalue weighted by Crippen LogP contribution is -2.43. The topological polar surface area (TPSA) is 90.3 Å². The van der Waals surface area contributed by atoms with Crippen LogP contribution >= 0.6 is 11.6 Å². The second-order valence-electron chi connectivity index (χ2n) is 5.65. The van der Waals surface area contributed by atoms with Gasteiger partial charge in [0.2, 0.25) is 0 Å². The number of hydrogen-bond donors (Lipinski definition) is 1.